The van der Waals surface area contributed by atoms with Gasteiger partial charge in [0.2, 0.25) is 0 Å². The van der Waals surface area contributed by atoms with Gasteiger partial charge in [-0.1, -0.05) is 39.3 Å². The quantitative estimate of drug-likeness (QED) is 0.804. The van der Waals surface area contributed by atoms with E-state index in [1.165, 1.54) is 36.0 Å². The number of nitrogens with zero attached hydrogens (tertiary/aromatic N) is 1. The van der Waals surface area contributed by atoms with E-state index in [-0.39, 0.29) is 17.6 Å². The summed E-state index contributed by atoms with van der Waals surface area (Å²) in [5.41, 5.74) is 2.53. The lowest BCUT2D eigenvalue weighted by Gasteiger charge is -2.64. The molecule has 2 aliphatic heterocycles. The van der Waals surface area contributed by atoms with Gasteiger partial charge in [-0.15, -0.1) is 0 Å². The van der Waals surface area contributed by atoms with E-state index in [0.717, 1.165) is 37.6 Å². The molecule has 0 unspecified atom stereocenters. The highest BCUT2D eigenvalue weighted by Crippen LogP contribution is 2.65. The Morgan fingerprint density at radius 1 is 1.17 bits per heavy atom. The summed E-state index contributed by atoms with van der Waals surface area (Å²) in [6.45, 7) is 8.81. The van der Waals surface area contributed by atoms with E-state index in [4.69, 9.17) is 4.74 Å². The van der Waals surface area contributed by atoms with Crippen molar-refractivity contribution in [2.75, 3.05) is 13.1 Å². The lowest BCUT2D eigenvalue weighted by molar-refractivity contribution is -0.209. The van der Waals surface area contributed by atoms with Crippen molar-refractivity contribution < 1.29 is 14.9 Å². The van der Waals surface area contributed by atoms with E-state index in [2.05, 4.69) is 37.8 Å². The average molecular weight is 398 g/mol. The van der Waals surface area contributed by atoms with Crippen molar-refractivity contribution in [3.8, 4) is 5.75 Å². The van der Waals surface area contributed by atoms with E-state index in [1.807, 2.05) is 0 Å². The fourth-order valence-electron chi connectivity index (χ4n) is 7.43. The summed E-state index contributed by atoms with van der Waals surface area (Å²) in [4.78, 5) is 2.60. The second kappa shape index (κ2) is 5.77. The van der Waals surface area contributed by atoms with Crippen LogP contribution in [-0.4, -0.2) is 52.1 Å². The molecule has 0 aromatic heterocycles. The van der Waals surface area contributed by atoms with Gasteiger partial charge in [0, 0.05) is 18.2 Å². The Hall–Kier alpha value is -1.10. The van der Waals surface area contributed by atoms with Gasteiger partial charge in [-0.25, -0.2) is 0 Å². The molecule has 4 nitrogen and oxygen atoms in total. The Morgan fingerprint density at radius 3 is 2.66 bits per heavy atom. The highest BCUT2D eigenvalue weighted by atomic mass is 16.5. The minimum atomic E-state index is -0.798. The van der Waals surface area contributed by atoms with Gasteiger partial charge in [0.05, 0.1) is 17.1 Å². The van der Waals surface area contributed by atoms with Crippen LogP contribution < -0.4 is 4.74 Å². The molecule has 2 N–H and O–H groups in total. The minimum absolute atomic E-state index is 0.0284. The molecular weight excluding hydrogens is 362 g/mol. The molecule has 1 spiro atoms. The molecule has 3 fully saturated rings. The number of aliphatic hydroxyl groups is 2. The lowest BCUT2D eigenvalue weighted by Crippen LogP contribution is -2.77. The molecule has 6 rings (SSSR count). The molecular formula is C25H35NO3. The van der Waals surface area contributed by atoms with Crippen LogP contribution >= 0.6 is 0 Å². The van der Waals surface area contributed by atoms with Crippen molar-refractivity contribution in [1.29, 1.82) is 0 Å². The van der Waals surface area contributed by atoms with Gasteiger partial charge in [-0.05, 0) is 67.5 Å². The first-order chi connectivity index (χ1) is 13.8. The van der Waals surface area contributed by atoms with E-state index in [9.17, 15) is 10.2 Å². The molecule has 0 amide bonds. The smallest absolute Gasteiger partial charge is 0.137 e. The van der Waals surface area contributed by atoms with Crippen LogP contribution in [0.1, 0.15) is 76.0 Å². The van der Waals surface area contributed by atoms with Crippen LogP contribution in [0.15, 0.2) is 12.1 Å². The maximum atomic E-state index is 12.4. The monoisotopic (exact) mass is 397 g/mol. The zero-order valence-corrected chi connectivity index (χ0v) is 18.1. The van der Waals surface area contributed by atoms with E-state index >= 15 is 0 Å². The van der Waals surface area contributed by atoms with Crippen molar-refractivity contribution in [1.82, 2.24) is 4.90 Å². The van der Waals surface area contributed by atoms with Gasteiger partial charge in [-0.3, -0.25) is 4.90 Å². The summed E-state index contributed by atoms with van der Waals surface area (Å²) in [5.74, 6) is 1.78. The van der Waals surface area contributed by atoms with Gasteiger partial charge in [-0.2, -0.15) is 0 Å². The lowest BCUT2D eigenvalue weighted by atomic mass is 9.48. The van der Waals surface area contributed by atoms with Gasteiger partial charge in [0.25, 0.3) is 0 Å². The second-order valence-electron chi connectivity index (χ2n) is 11.5. The number of benzene rings is 1. The van der Waals surface area contributed by atoms with E-state index in [1.54, 1.807) is 0 Å². The zero-order chi connectivity index (χ0) is 20.2. The summed E-state index contributed by atoms with van der Waals surface area (Å²) in [7, 11) is 0. The predicted molar refractivity (Wildman–Crippen MR) is 112 cm³/mol. The van der Waals surface area contributed by atoms with Gasteiger partial charge in [0.15, 0.2) is 0 Å². The highest BCUT2D eigenvalue weighted by Gasteiger charge is 2.72. The van der Waals surface area contributed by atoms with Crippen LogP contribution in [0.2, 0.25) is 0 Å². The standard InChI is InChI=1S/C25H35NO3/c1-23(2,3)17-8-7-16-13-19-25(28)10-9-18(27)22-24(25,20(16)21(17)29-22)11-12-26(19)14-15-5-4-6-15/h7-8,15,18-19,22,27-28H,4-6,9-14H2,1-3H3/t18-,19+,22-,24-,25+/m0/s1. The molecule has 2 bridgehead atoms. The van der Waals surface area contributed by atoms with Crippen LogP contribution in [0.25, 0.3) is 0 Å². The average Bonchev–Trinajstić information content (AvgIpc) is 2.96. The molecule has 1 saturated heterocycles. The minimum Gasteiger partial charge on any atom is -0.486 e. The summed E-state index contributed by atoms with van der Waals surface area (Å²) in [5, 5.41) is 23.4. The maximum absolute atomic E-state index is 12.4. The first kappa shape index (κ1) is 18.7. The number of aliphatic hydroxyl groups excluding tert-OH is 1. The van der Waals surface area contributed by atoms with Gasteiger partial charge >= 0.3 is 0 Å². The normalized spacial score (nSPS) is 40.9. The third-order valence-corrected chi connectivity index (χ3v) is 9.09. The van der Waals surface area contributed by atoms with Gasteiger partial charge in [0.1, 0.15) is 11.9 Å². The molecule has 0 radical (unpaired) electrons. The van der Waals surface area contributed by atoms with Crippen molar-refractivity contribution >= 4 is 0 Å². The number of piperidine rings is 1. The van der Waals surface area contributed by atoms with Crippen molar-refractivity contribution in [3.05, 3.63) is 28.8 Å². The molecule has 5 aliphatic rings. The Morgan fingerprint density at radius 2 is 1.97 bits per heavy atom. The number of hydrogen-bond donors (Lipinski definition) is 2. The van der Waals surface area contributed by atoms with Crippen molar-refractivity contribution in [3.63, 3.8) is 0 Å². The molecule has 3 aliphatic carbocycles. The largest absolute Gasteiger partial charge is 0.486 e. The van der Waals surface area contributed by atoms with Crippen LogP contribution in [0.3, 0.4) is 0 Å². The highest BCUT2D eigenvalue weighted by molar-refractivity contribution is 5.61. The predicted octanol–water partition coefficient (Wildman–Crippen LogP) is 3.30. The fourth-order valence-corrected chi connectivity index (χ4v) is 7.43. The first-order valence-corrected chi connectivity index (χ1v) is 11.7. The molecule has 2 heterocycles. The third-order valence-electron chi connectivity index (χ3n) is 9.09. The van der Waals surface area contributed by atoms with Crippen LogP contribution in [0, 0.1) is 5.92 Å². The third kappa shape index (κ3) is 2.21. The molecule has 158 valence electrons. The molecule has 2 saturated carbocycles. The Bertz CT molecular complexity index is 856. The first-order valence-electron chi connectivity index (χ1n) is 11.7. The number of ether oxygens (including phenoxy) is 1. The Labute approximate surface area is 174 Å². The maximum Gasteiger partial charge on any atom is 0.137 e. The van der Waals surface area contributed by atoms with Crippen molar-refractivity contribution in [2.45, 2.75) is 100 Å². The summed E-state index contributed by atoms with van der Waals surface area (Å²) < 4.78 is 6.63. The topological polar surface area (TPSA) is 52.9 Å². The summed E-state index contributed by atoms with van der Waals surface area (Å²) in [6.07, 6.45) is 6.34. The van der Waals surface area contributed by atoms with E-state index in [0.29, 0.717) is 12.8 Å². The van der Waals surface area contributed by atoms with Crippen LogP contribution in [0.5, 0.6) is 5.75 Å². The number of rotatable bonds is 2. The van der Waals surface area contributed by atoms with Crippen molar-refractivity contribution in [2.24, 2.45) is 5.92 Å². The molecule has 4 heteroatoms. The fraction of sp³-hybridized carbons (Fsp3) is 0.760. The molecule has 29 heavy (non-hydrogen) atoms. The molecule has 5 atom stereocenters. The zero-order valence-electron chi connectivity index (χ0n) is 18.1. The number of likely N-dealkylation sites (tertiary alicyclic amines) is 1. The van der Waals surface area contributed by atoms with Crippen LogP contribution in [-0.2, 0) is 17.3 Å². The second-order valence-corrected chi connectivity index (χ2v) is 11.5. The molecule has 1 aromatic carbocycles. The SMILES string of the molecule is CC(C)(C)c1ccc2c3c1O[C@H]1[C@@H](O)CC[C@@]4(O)[C@@H](C2)N(CC2CCC2)CC[C@]314. The Balaban J connectivity index is 1.53. The summed E-state index contributed by atoms with van der Waals surface area (Å²) >= 11 is 0. The Kier molecular flexibility index (Phi) is 3.71. The molecule has 1 aromatic rings. The number of hydrogen-bond acceptors (Lipinski definition) is 4. The summed E-state index contributed by atoms with van der Waals surface area (Å²) in [6, 6.07) is 4.69. The van der Waals surface area contributed by atoms with E-state index < -0.39 is 17.1 Å². The van der Waals surface area contributed by atoms with Crippen LogP contribution in [0.4, 0.5) is 0 Å². The van der Waals surface area contributed by atoms with Gasteiger partial charge < -0.3 is 14.9 Å².